The number of carbonyl (C=O) groups excluding carboxylic acids is 3. The maximum Gasteiger partial charge on any atom is 0.325 e. The zero-order valence-electron chi connectivity index (χ0n) is 16.1. The van der Waals surface area contributed by atoms with Gasteiger partial charge in [-0.15, -0.1) is 0 Å². The van der Waals surface area contributed by atoms with Crippen LogP contribution in [0.1, 0.15) is 22.8 Å². The van der Waals surface area contributed by atoms with Crippen molar-refractivity contribution >= 4 is 17.7 Å². The summed E-state index contributed by atoms with van der Waals surface area (Å²) >= 11 is 0. The number of benzene rings is 2. The van der Waals surface area contributed by atoms with Crippen LogP contribution in [0.2, 0.25) is 0 Å². The highest BCUT2D eigenvalue weighted by Crippen LogP contribution is 2.33. The number of hydrogen-bond donors (Lipinski definition) is 1. The summed E-state index contributed by atoms with van der Waals surface area (Å²) in [5.74, 6) is 0.830. The van der Waals surface area contributed by atoms with Crippen LogP contribution >= 0.6 is 0 Å². The number of Topliss-reactive ketones (excluding diaryl/α,β-unsaturated/α-hetero) is 1. The van der Waals surface area contributed by atoms with Gasteiger partial charge in [0, 0.05) is 12.0 Å². The largest absolute Gasteiger partial charge is 0.496 e. The van der Waals surface area contributed by atoms with E-state index < -0.39 is 17.5 Å². The van der Waals surface area contributed by atoms with Crippen molar-refractivity contribution in [3.05, 3.63) is 53.6 Å². The lowest BCUT2D eigenvalue weighted by Crippen LogP contribution is -2.46. The molecule has 0 unspecified atom stereocenters. The lowest BCUT2D eigenvalue weighted by Gasteiger charge is -2.22. The Morgan fingerprint density at radius 3 is 2.72 bits per heavy atom. The predicted octanol–water partition coefficient (Wildman–Crippen LogP) is 2.16. The van der Waals surface area contributed by atoms with Gasteiger partial charge >= 0.3 is 6.03 Å². The lowest BCUT2D eigenvalue weighted by molar-refractivity contribution is -0.130. The summed E-state index contributed by atoms with van der Waals surface area (Å²) in [6.45, 7) is 1.39. The molecule has 0 radical (unpaired) electrons. The van der Waals surface area contributed by atoms with Crippen molar-refractivity contribution < 1.29 is 28.6 Å². The fourth-order valence-corrected chi connectivity index (χ4v) is 3.55. The quantitative estimate of drug-likeness (QED) is 0.594. The van der Waals surface area contributed by atoms with E-state index >= 15 is 0 Å². The van der Waals surface area contributed by atoms with Gasteiger partial charge in [-0.2, -0.15) is 0 Å². The molecule has 1 N–H and O–H groups in total. The van der Waals surface area contributed by atoms with Gasteiger partial charge in [0.2, 0.25) is 6.79 Å². The van der Waals surface area contributed by atoms with Crippen molar-refractivity contribution in [2.45, 2.75) is 18.9 Å². The number of para-hydroxylation sites is 1. The Hall–Kier alpha value is -3.55. The fraction of sp³-hybridized carbons (Fsp3) is 0.286. The number of nitrogens with zero attached hydrogens (tertiary/aromatic N) is 1. The average molecular weight is 396 g/mol. The number of amides is 3. The van der Waals surface area contributed by atoms with Gasteiger partial charge in [-0.1, -0.05) is 18.2 Å². The van der Waals surface area contributed by atoms with Crippen molar-refractivity contribution in [3.8, 4) is 17.2 Å². The van der Waals surface area contributed by atoms with Crippen LogP contribution in [0.4, 0.5) is 4.79 Å². The molecule has 3 amide bonds. The molecule has 2 aromatic carbocycles. The number of fused-ring (bicyclic) bond motifs is 1. The number of carbonyl (C=O) groups is 3. The molecule has 1 saturated heterocycles. The first kappa shape index (κ1) is 18.8. The van der Waals surface area contributed by atoms with Gasteiger partial charge in [0.25, 0.3) is 5.91 Å². The lowest BCUT2D eigenvalue weighted by atomic mass is 9.92. The normalized spacial score (nSPS) is 20.0. The molecule has 2 aromatic rings. The smallest absolute Gasteiger partial charge is 0.325 e. The summed E-state index contributed by atoms with van der Waals surface area (Å²) in [5, 5.41) is 2.71. The molecule has 1 fully saturated rings. The van der Waals surface area contributed by atoms with Crippen LogP contribution in [0.3, 0.4) is 0 Å². The second-order valence-electron chi connectivity index (χ2n) is 7.13. The summed E-state index contributed by atoms with van der Waals surface area (Å²) in [6.07, 6.45) is 0.246. The second kappa shape index (κ2) is 7.12. The number of rotatable bonds is 6. The van der Waals surface area contributed by atoms with Crippen LogP contribution in [0.25, 0.3) is 0 Å². The molecular weight excluding hydrogens is 376 g/mol. The summed E-state index contributed by atoms with van der Waals surface area (Å²) in [7, 11) is 1.55. The maximum atomic E-state index is 13.0. The Balaban J connectivity index is 1.51. The van der Waals surface area contributed by atoms with E-state index in [2.05, 4.69) is 5.32 Å². The molecule has 0 aliphatic carbocycles. The van der Waals surface area contributed by atoms with Gasteiger partial charge in [0.05, 0.1) is 13.7 Å². The number of ketones is 1. The number of methoxy groups -OCH3 is 1. The Morgan fingerprint density at radius 1 is 1.17 bits per heavy atom. The van der Waals surface area contributed by atoms with Gasteiger partial charge in [-0.05, 0) is 36.8 Å². The van der Waals surface area contributed by atoms with E-state index in [0.29, 0.717) is 22.8 Å². The van der Waals surface area contributed by atoms with Crippen molar-refractivity contribution in [1.82, 2.24) is 10.2 Å². The van der Waals surface area contributed by atoms with Crippen molar-refractivity contribution in [2.75, 3.05) is 20.4 Å². The van der Waals surface area contributed by atoms with Crippen LogP contribution in [-0.2, 0) is 11.2 Å². The first-order valence-electron chi connectivity index (χ1n) is 9.10. The first-order valence-corrected chi connectivity index (χ1v) is 9.10. The van der Waals surface area contributed by atoms with Crippen molar-refractivity contribution in [1.29, 1.82) is 0 Å². The molecule has 4 rings (SSSR count). The number of ether oxygens (including phenoxy) is 3. The molecule has 0 saturated carbocycles. The molecule has 2 aliphatic heterocycles. The van der Waals surface area contributed by atoms with Crippen molar-refractivity contribution in [2.24, 2.45) is 0 Å². The minimum Gasteiger partial charge on any atom is -0.496 e. The fourth-order valence-electron chi connectivity index (χ4n) is 3.55. The Kier molecular flexibility index (Phi) is 4.62. The van der Waals surface area contributed by atoms with Gasteiger partial charge < -0.3 is 19.5 Å². The highest BCUT2D eigenvalue weighted by Gasteiger charge is 2.48. The van der Waals surface area contributed by atoms with E-state index in [0.717, 1.165) is 10.5 Å². The second-order valence-corrected chi connectivity index (χ2v) is 7.13. The highest BCUT2D eigenvalue weighted by molar-refractivity contribution is 6.11. The zero-order chi connectivity index (χ0) is 20.6. The van der Waals surface area contributed by atoms with E-state index in [4.69, 9.17) is 14.2 Å². The number of imide groups is 1. The molecule has 2 heterocycles. The van der Waals surface area contributed by atoms with E-state index in [-0.39, 0.29) is 25.5 Å². The van der Waals surface area contributed by atoms with Crippen LogP contribution in [-0.4, -0.2) is 48.6 Å². The molecule has 1 atom stereocenters. The third-order valence-corrected chi connectivity index (χ3v) is 5.08. The van der Waals surface area contributed by atoms with E-state index in [1.165, 1.54) is 0 Å². The molecule has 8 heteroatoms. The monoisotopic (exact) mass is 396 g/mol. The molecule has 2 aliphatic rings. The Morgan fingerprint density at radius 2 is 1.93 bits per heavy atom. The summed E-state index contributed by atoms with van der Waals surface area (Å²) in [5.41, 5.74) is -0.0378. The maximum absolute atomic E-state index is 13.0. The average Bonchev–Trinajstić information content (AvgIpc) is 3.26. The van der Waals surface area contributed by atoms with Crippen LogP contribution < -0.4 is 19.5 Å². The van der Waals surface area contributed by atoms with Crippen molar-refractivity contribution in [3.63, 3.8) is 0 Å². The number of urea groups is 1. The van der Waals surface area contributed by atoms with Gasteiger partial charge in [0.15, 0.2) is 17.3 Å². The third-order valence-electron chi connectivity index (χ3n) is 5.08. The van der Waals surface area contributed by atoms with Gasteiger partial charge in [-0.25, -0.2) is 4.79 Å². The SMILES string of the molecule is COc1ccccc1C[C@@]1(C)NC(=O)N(CC(=O)c2ccc3c(c2)OCO3)C1=O. The minimum atomic E-state index is -1.17. The highest BCUT2D eigenvalue weighted by atomic mass is 16.7. The first-order chi connectivity index (χ1) is 13.9. The van der Waals surface area contributed by atoms with Gasteiger partial charge in [0.1, 0.15) is 11.3 Å². The summed E-state index contributed by atoms with van der Waals surface area (Å²) < 4.78 is 15.8. The Labute approximate surface area is 167 Å². The van der Waals surface area contributed by atoms with E-state index in [9.17, 15) is 14.4 Å². The predicted molar refractivity (Wildman–Crippen MR) is 102 cm³/mol. The third kappa shape index (κ3) is 3.37. The Bertz CT molecular complexity index is 1000. The van der Waals surface area contributed by atoms with Crippen LogP contribution in [0.5, 0.6) is 17.2 Å². The van der Waals surface area contributed by atoms with Crippen LogP contribution in [0, 0.1) is 0 Å². The van der Waals surface area contributed by atoms with Crippen LogP contribution in [0.15, 0.2) is 42.5 Å². The molecule has 8 nitrogen and oxygen atoms in total. The topological polar surface area (TPSA) is 94.2 Å². The molecule has 0 bridgehead atoms. The number of nitrogens with one attached hydrogen (secondary N) is 1. The minimum absolute atomic E-state index is 0.0985. The molecule has 0 aromatic heterocycles. The molecule has 0 spiro atoms. The van der Waals surface area contributed by atoms with E-state index in [1.807, 2.05) is 18.2 Å². The summed E-state index contributed by atoms with van der Waals surface area (Å²) in [6, 6.07) is 11.5. The molecule has 29 heavy (non-hydrogen) atoms. The molecular formula is C21H20N2O6. The summed E-state index contributed by atoms with van der Waals surface area (Å²) in [4.78, 5) is 39.1. The van der Waals surface area contributed by atoms with Gasteiger partial charge in [-0.3, -0.25) is 14.5 Å². The zero-order valence-corrected chi connectivity index (χ0v) is 16.1. The molecule has 150 valence electrons. The number of hydrogen-bond acceptors (Lipinski definition) is 6. The van der Waals surface area contributed by atoms with E-state index in [1.54, 1.807) is 38.3 Å². The standard InChI is InChI=1S/C21H20N2O6/c1-21(10-14-5-3-4-6-16(14)27-2)19(25)23(20(26)22-21)11-15(24)13-7-8-17-18(9-13)29-12-28-17/h3-9H,10-12H2,1-2H3,(H,22,26)/t21-/m1/s1.